The molecule has 1 aliphatic carbocycles. The molecule has 3 rings (SSSR count). The van der Waals surface area contributed by atoms with E-state index in [0.717, 1.165) is 9.87 Å². The van der Waals surface area contributed by atoms with E-state index < -0.39 is 39.6 Å². The maximum Gasteiger partial charge on any atom is 0.414 e. The first-order valence-corrected chi connectivity index (χ1v) is 13.4. The van der Waals surface area contributed by atoms with Crippen molar-refractivity contribution in [3.63, 3.8) is 0 Å². The highest BCUT2D eigenvalue weighted by molar-refractivity contribution is 7.89. The number of aliphatic carboxylic acids is 1. The normalized spacial score (nSPS) is 15.7. The van der Waals surface area contributed by atoms with Gasteiger partial charge in [-0.1, -0.05) is 42.7 Å². The largest absolute Gasteiger partial charge is 0.480 e. The van der Waals surface area contributed by atoms with Crippen molar-refractivity contribution in [1.29, 1.82) is 0 Å². The molecule has 1 saturated carbocycles. The molecule has 0 aromatic heterocycles. The minimum absolute atomic E-state index is 0.0342. The Morgan fingerprint density at radius 3 is 2.08 bits per heavy atom. The topological polar surface area (TPSA) is 133 Å². The van der Waals surface area contributed by atoms with Gasteiger partial charge in [-0.05, 0) is 49.6 Å². The van der Waals surface area contributed by atoms with Gasteiger partial charge in [-0.15, -0.1) is 0 Å². The summed E-state index contributed by atoms with van der Waals surface area (Å²) in [6.07, 6.45) is 1.29. The fourth-order valence-electron chi connectivity index (χ4n) is 4.36. The highest BCUT2D eigenvalue weighted by Crippen LogP contribution is 2.38. The Morgan fingerprint density at radius 2 is 1.57 bits per heavy atom. The van der Waals surface area contributed by atoms with Crippen LogP contribution in [0.1, 0.15) is 36.8 Å². The van der Waals surface area contributed by atoms with Crippen molar-refractivity contribution in [2.45, 2.75) is 55.5 Å². The number of amides is 2. The van der Waals surface area contributed by atoms with Crippen LogP contribution in [0.5, 0.6) is 5.75 Å². The number of nitrogens with zero attached hydrogens (tertiary/aromatic N) is 2. The second kappa shape index (κ2) is 11.3. The Hall–Kier alpha value is -3.44. The minimum Gasteiger partial charge on any atom is -0.480 e. The van der Waals surface area contributed by atoms with Gasteiger partial charge in [0.2, 0.25) is 15.9 Å². The van der Waals surface area contributed by atoms with Crippen molar-refractivity contribution in [2.75, 3.05) is 21.1 Å². The molecule has 10 nitrogen and oxygen atoms in total. The molecule has 2 N–H and O–H groups in total. The van der Waals surface area contributed by atoms with E-state index in [0.29, 0.717) is 37.0 Å². The van der Waals surface area contributed by atoms with Crippen LogP contribution < -0.4 is 10.1 Å². The van der Waals surface area contributed by atoms with E-state index in [1.54, 1.807) is 38.4 Å². The summed E-state index contributed by atoms with van der Waals surface area (Å²) in [5.74, 6) is -1.58. The Bertz CT molecular complexity index is 1240. The Kier molecular flexibility index (Phi) is 8.60. The van der Waals surface area contributed by atoms with Crippen molar-refractivity contribution in [3.8, 4) is 5.75 Å². The fourth-order valence-corrected chi connectivity index (χ4v) is 5.88. The molecular weight excluding hydrogens is 498 g/mol. The molecular formula is C26H33N3O7S. The highest BCUT2D eigenvalue weighted by atomic mass is 32.2. The summed E-state index contributed by atoms with van der Waals surface area (Å²) in [6, 6.07) is 11.4. The highest BCUT2D eigenvalue weighted by Gasteiger charge is 2.50. The summed E-state index contributed by atoms with van der Waals surface area (Å²) in [7, 11) is 0.486. The summed E-state index contributed by atoms with van der Waals surface area (Å²) in [5, 5.41) is 12.4. The Balaban J connectivity index is 1.79. The third-order valence-electron chi connectivity index (χ3n) is 6.67. The van der Waals surface area contributed by atoms with E-state index in [9.17, 15) is 27.9 Å². The molecule has 0 saturated heterocycles. The molecule has 0 spiro atoms. The molecule has 1 aliphatic rings. The lowest BCUT2D eigenvalue weighted by Gasteiger charge is -2.37. The first-order chi connectivity index (χ1) is 17.4. The molecule has 0 heterocycles. The summed E-state index contributed by atoms with van der Waals surface area (Å²) < 4.78 is 33.0. The Morgan fingerprint density at radius 1 is 1.00 bits per heavy atom. The van der Waals surface area contributed by atoms with Gasteiger partial charge in [-0.2, -0.15) is 4.31 Å². The zero-order valence-corrected chi connectivity index (χ0v) is 22.2. The first kappa shape index (κ1) is 28.1. The predicted molar refractivity (Wildman–Crippen MR) is 137 cm³/mol. The number of nitrogens with one attached hydrogen (secondary N) is 1. The third kappa shape index (κ3) is 6.28. The van der Waals surface area contributed by atoms with Crippen LogP contribution in [0.3, 0.4) is 0 Å². The number of ether oxygens (including phenoxy) is 1. The van der Waals surface area contributed by atoms with Crippen molar-refractivity contribution >= 4 is 28.0 Å². The molecule has 1 fully saturated rings. The fraction of sp³-hybridized carbons (Fsp3) is 0.423. The number of benzene rings is 2. The number of carboxylic acids is 1. The molecule has 1 atom stereocenters. The molecule has 0 bridgehead atoms. The van der Waals surface area contributed by atoms with Gasteiger partial charge in [-0.3, -0.25) is 4.79 Å². The van der Waals surface area contributed by atoms with Crippen LogP contribution >= 0.6 is 0 Å². The lowest BCUT2D eigenvalue weighted by molar-refractivity contribution is -0.143. The SMILES string of the molecule is Cc1ccc(S(=O)(=O)N(C)C2(C(=O)N[C@@H](Cc3ccc(OC(=O)N(C)C)cc3)C(=O)O)CCCC2)cc1. The molecule has 0 aliphatic heterocycles. The van der Waals surface area contributed by atoms with Crippen LogP contribution in [-0.2, 0) is 26.0 Å². The van der Waals surface area contributed by atoms with Crippen LogP contribution in [-0.4, -0.2) is 73.4 Å². The number of aryl methyl sites for hydroxylation is 1. The zero-order chi connectivity index (χ0) is 27.4. The lowest BCUT2D eigenvalue weighted by atomic mass is 9.95. The smallest absolute Gasteiger partial charge is 0.414 e. The molecule has 2 aromatic rings. The number of sulfonamides is 1. The Labute approximate surface area is 217 Å². The van der Waals surface area contributed by atoms with Gasteiger partial charge < -0.3 is 20.1 Å². The van der Waals surface area contributed by atoms with Crippen LogP contribution in [0.2, 0.25) is 0 Å². The van der Waals surface area contributed by atoms with E-state index >= 15 is 0 Å². The molecule has 200 valence electrons. The quantitative estimate of drug-likeness (QED) is 0.508. The van der Waals surface area contributed by atoms with E-state index in [2.05, 4.69) is 5.32 Å². The lowest BCUT2D eigenvalue weighted by Crippen LogP contribution is -2.60. The molecule has 0 radical (unpaired) electrons. The first-order valence-electron chi connectivity index (χ1n) is 11.9. The van der Waals surface area contributed by atoms with Gasteiger partial charge in [-0.25, -0.2) is 18.0 Å². The second-order valence-corrected chi connectivity index (χ2v) is 11.5. The molecule has 2 amide bonds. The zero-order valence-electron chi connectivity index (χ0n) is 21.4. The average molecular weight is 532 g/mol. The molecule has 0 unspecified atom stereocenters. The van der Waals surface area contributed by atoms with E-state index in [1.165, 1.54) is 36.2 Å². The third-order valence-corrected chi connectivity index (χ3v) is 8.61. The number of hydrogen-bond acceptors (Lipinski definition) is 6. The molecule has 11 heteroatoms. The van der Waals surface area contributed by atoms with Gasteiger partial charge >= 0.3 is 12.1 Å². The van der Waals surface area contributed by atoms with Gasteiger partial charge in [0.1, 0.15) is 17.3 Å². The number of likely N-dealkylation sites (N-methyl/N-ethyl adjacent to an activating group) is 1. The van der Waals surface area contributed by atoms with E-state index in [-0.39, 0.29) is 11.3 Å². The summed E-state index contributed by atoms with van der Waals surface area (Å²) in [5.41, 5.74) is 0.114. The van der Waals surface area contributed by atoms with Crippen LogP contribution in [0, 0.1) is 6.92 Å². The van der Waals surface area contributed by atoms with E-state index in [1.807, 2.05) is 6.92 Å². The van der Waals surface area contributed by atoms with Crippen molar-refractivity contribution < 1.29 is 32.6 Å². The van der Waals surface area contributed by atoms with Crippen LogP contribution in [0.4, 0.5) is 4.79 Å². The standard InChI is InChI=1S/C26H33N3O7S/c1-18-7-13-21(14-8-18)37(34,35)29(4)26(15-5-6-16-26)24(32)27-22(23(30)31)17-19-9-11-20(12-10-19)36-25(33)28(2)3/h7-14,22H,5-6,15-17H2,1-4H3,(H,27,32)(H,30,31)/t22-/m0/s1. The van der Waals surface area contributed by atoms with Crippen molar-refractivity contribution in [3.05, 3.63) is 59.7 Å². The number of carboxylic acid groups (broad SMARTS) is 1. The number of carbonyl (C=O) groups is 3. The number of carbonyl (C=O) groups excluding carboxylic acids is 2. The second-order valence-electron chi connectivity index (χ2n) is 9.50. The minimum atomic E-state index is -4.00. The molecule has 37 heavy (non-hydrogen) atoms. The van der Waals surface area contributed by atoms with Gasteiger partial charge in [0.15, 0.2) is 0 Å². The van der Waals surface area contributed by atoms with Gasteiger partial charge in [0.05, 0.1) is 4.90 Å². The van der Waals surface area contributed by atoms with Gasteiger partial charge in [0.25, 0.3) is 0 Å². The average Bonchev–Trinajstić information content (AvgIpc) is 3.35. The maximum absolute atomic E-state index is 13.5. The van der Waals surface area contributed by atoms with E-state index in [4.69, 9.17) is 4.74 Å². The number of hydrogen-bond donors (Lipinski definition) is 2. The van der Waals surface area contributed by atoms with Crippen molar-refractivity contribution in [1.82, 2.24) is 14.5 Å². The predicted octanol–water partition coefficient (Wildman–Crippen LogP) is 2.80. The molecule has 2 aromatic carbocycles. The van der Waals surface area contributed by atoms with Crippen molar-refractivity contribution in [2.24, 2.45) is 0 Å². The van der Waals surface area contributed by atoms with Gasteiger partial charge in [0, 0.05) is 27.6 Å². The van der Waals surface area contributed by atoms with Crippen LogP contribution in [0.25, 0.3) is 0 Å². The van der Waals surface area contributed by atoms with Crippen LogP contribution in [0.15, 0.2) is 53.4 Å². The summed E-state index contributed by atoms with van der Waals surface area (Å²) in [6.45, 7) is 1.85. The maximum atomic E-state index is 13.5. The summed E-state index contributed by atoms with van der Waals surface area (Å²) >= 11 is 0. The monoisotopic (exact) mass is 531 g/mol. The number of rotatable bonds is 9. The summed E-state index contributed by atoms with van der Waals surface area (Å²) in [4.78, 5) is 38.6.